The standard InChI is InChI=1S/C15H19NO2S/c1-15(2,3)13-10-19-14(16-13)9-18-12-7-5-4-6-11(12)8-17/h4-7,10,17H,8-9H2,1-3H3. The Morgan fingerprint density at radius 2 is 2.00 bits per heavy atom. The molecule has 0 aliphatic heterocycles. The van der Waals surface area contributed by atoms with Gasteiger partial charge in [-0.3, -0.25) is 0 Å². The minimum atomic E-state index is -0.0126. The van der Waals surface area contributed by atoms with Gasteiger partial charge in [0.2, 0.25) is 0 Å². The average molecular weight is 277 g/mol. The van der Waals surface area contributed by atoms with Crippen LogP contribution in [0.2, 0.25) is 0 Å². The Balaban J connectivity index is 2.05. The summed E-state index contributed by atoms with van der Waals surface area (Å²) in [6.07, 6.45) is 0. The van der Waals surface area contributed by atoms with Gasteiger partial charge in [-0.2, -0.15) is 0 Å². The van der Waals surface area contributed by atoms with Crippen molar-refractivity contribution in [2.45, 2.75) is 39.4 Å². The fourth-order valence-electron chi connectivity index (χ4n) is 1.64. The molecular formula is C15H19NO2S. The van der Waals surface area contributed by atoms with Gasteiger partial charge in [0.05, 0.1) is 12.3 Å². The Morgan fingerprint density at radius 1 is 1.26 bits per heavy atom. The molecule has 0 bridgehead atoms. The second kappa shape index (κ2) is 5.72. The molecular weight excluding hydrogens is 258 g/mol. The van der Waals surface area contributed by atoms with E-state index in [0.29, 0.717) is 6.61 Å². The van der Waals surface area contributed by atoms with Gasteiger partial charge in [-0.05, 0) is 6.07 Å². The Kier molecular flexibility index (Phi) is 4.22. The molecule has 0 fully saturated rings. The fraction of sp³-hybridized carbons (Fsp3) is 0.400. The molecule has 1 aromatic heterocycles. The van der Waals surface area contributed by atoms with Gasteiger partial charge < -0.3 is 9.84 Å². The molecule has 0 amide bonds. The molecule has 0 aliphatic rings. The normalized spacial score (nSPS) is 11.6. The molecule has 102 valence electrons. The number of para-hydroxylation sites is 1. The number of rotatable bonds is 4. The number of aliphatic hydroxyl groups is 1. The van der Waals surface area contributed by atoms with E-state index >= 15 is 0 Å². The van der Waals surface area contributed by atoms with Gasteiger partial charge in [0.15, 0.2) is 0 Å². The largest absolute Gasteiger partial charge is 0.486 e. The molecule has 0 saturated heterocycles. The van der Waals surface area contributed by atoms with Gasteiger partial charge in [0.25, 0.3) is 0 Å². The zero-order valence-corrected chi connectivity index (χ0v) is 12.3. The van der Waals surface area contributed by atoms with Crippen LogP contribution >= 0.6 is 11.3 Å². The van der Waals surface area contributed by atoms with Crippen LogP contribution in [0.15, 0.2) is 29.6 Å². The summed E-state index contributed by atoms with van der Waals surface area (Å²) in [5.74, 6) is 0.720. The lowest BCUT2D eigenvalue weighted by atomic mass is 9.93. The van der Waals surface area contributed by atoms with E-state index in [1.54, 1.807) is 11.3 Å². The van der Waals surface area contributed by atoms with E-state index in [4.69, 9.17) is 4.74 Å². The second-order valence-electron chi connectivity index (χ2n) is 5.43. The predicted molar refractivity (Wildman–Crippen MR) is 77.5 cm³/mol. The average Bonchev–Trinajstić information content (AvgIpc) is 2.85. The lowest BCUT2D eigenvalue weighted by molar-refractivity contribution is 0.258. The third-order valence-electron chi connectivity index (χ3n) is 2.81. The lowest BCUT2D eigenvalue weighted by Gasteiger charge is -2.14. The van der Waals surface area contributed by atoms with Crippen molar-refractivity contribution in [3.8, 4) is 5.75 Å². The van der Waals surface area contributed by atoms with Crippen LogP contribution in [0, 0.1) is 0 Å². The molecule has 1 aromatic carbocycles. The smallest absolute Gasteiger partial charge is 0.140 e. The number of aromatic nitrogens is 1. The van der Waals surface area contributed by atoms with Gasteiger partial charge in [0, 0.05) is 16.4 Å². The van der Waals surface area contributed by atoms with Crippen molar-refractivity contribution in [3.63, 3.8) is 0 Å². The van der Waals surface area contributed by atoms with E-state index in [2.05, 4.69) is 31.1 Å². The molecule has 19 heavy (non-hydrogen) atoms. The SMILES string of the molecule is CC(C)(C)c1csc(COc2ccccc2CO)n1. The summed E-state index contributed by atoms with van der Waals surface area (Å²) in [5.41, 5.74) is 1.96. The first kappa shape index (κ1) is 14.0. The molecule has 0 saturated carbocycles. The van der Waals surface area contributed by atoms with E-state index in [9.17, 15) is 5.11 Å². The van der Waals surface area contributed by atoms with Crippen LogP contribution in [-0.4, -0.2) is 10.1 Å². The number of hydrogen-bond acceptors (Lipinski definition) is 4. The van der Waals surface area contributed by atoms with Crippen molar-refractivity contribution in [1.29, 1.82) is 0 Å². The summed E-state index contributed by atoms with van der Waals surface area (Å²) in [6.45, 7) is 6.87. The lowest BCUT2D eigenvalue weighted by Crippen LogP contribution is -2.11. The highest BCUT2D eigenvalue weighted by Crippen LogP contribution is 2.25. The molecule has 0 aliphatic carbocycles. The third kappa shape index (κ3) is 3.55. The highest BCUT2D eigenvalue weighted by molar-refractivity contribution is 7.09. The van der Waals surface area contributed by atoms with Crippen molar-refractivity contribution in [3.05, 3.63) is 45.9 Å². The van der Waals surface area contributed by atoms with Crippen molar-refractivity contribution in [2.24, 2.45) is 0 Å². The quantitative estimate of drug-likeness (QED) is 0.930. The summed E-state index contributed by atoms with van der Waals surface area (Å²) in [4.78, 5) is 4.58. The van der Waals surface area contributed by atoms with Crippen molar-refractivity contribution in [1.82, 2.24) is 4.98 Å². The topological polar surface area (TPSA) is 42.4 Å². The number of aliphatic hydroxyl groups excluding tert-OH is 1. The van der Waals surface area contributed by atoms with Gasteiger partial charge in [-0.1, -0.05) is 39.0 Å². The molecule has 1 N–H and O–H groups in total. The first-order valence-electron chi connectivity index (χ1n) is 6.27. The van der Waals surface area contributed by atoms with E-state index < -0.39 is 0 Å². The first-order valence-corrected chi connectivity index (χ1v) is 7.15. The number of hydrogen-bond donors (Lipinski definition) is 1. The molecule has 1 heterocycles. The van der Waals surface area contributed by atoms with Crippen molar-refractivity contribution >= 4 is 11.3 Å². The second-order valence-corrected chi connectivity index (χ2v) is 6.37. The summed E-state index contributed by atoms with van der Waals surface area (Å²) in [5, 5.41) is 12.3. The fourth-order valence-corrected chi connectivity index (χ4v) is 2.57. The van der Waals surface area contributed by atoms with Crippen LogP contribution in [0.1, 0.15) is 37.0 Å². The van der Waals surface area contributed by atoms with E-state index in [1.807, 2.05) is 24.3 Å². The molecule has 2 rings (SSSR count). The molecule has 0 unspecified atom stereocenters. The van der Waals surface area contributed by atoms with Crippen LogP contribution < -0.4 is 4.74 Å². The van der Waals surface area contributed by atoms with Crippen molar-refractivity contribution in [2.75, 3.05) is 0 Å². The number of benzene rings is 1. The van der Waals surface area contributed by atoms with E-state index in [-0.39, 0.29) is 12.0 Å². The highest BCUT2D eigenvalue weighted by Gasteiger charge is 2.17. The maximum absolute atomic E-state index is 9.23. The molecule has 0 atom stereocenters. The maximum Gasteiger partial charge on any atom is 0.140 e. The monoisotopic (exact) mass is 277 g/mol. The van der Waals surface area contributed by atoms with Crippen LogP contribution in [0.4, 0.5) is 0 Å². The zero-order chi connectivity index (χ0) is 13.9. The Hall–Kier alpha value is -1.39. The molecule has 0 spiro atoms. The first-order chi connectivity index (χ1) is 9.00. The molecule has 4 heteroatoms. The summed E-state index contributed by atoms with van der Waals surface area (Å²) in [6, 6.07) is 7.51. The summed E-state index contributed by atoms with van der Waals surface area (Å²) < 4.78 is 5.73. The van der Waals surface area contributed by atoms with Crippen LogP contribution in [-0.2, 0) is 18.6 Å². The number of ether oxygens (including phenoxy) is 1. The van der Waals surface area contributed by atoms with Crippen molar-refractivity contribution < 1.29 is 9.84 Å². The van der Waals surface area contributed by atoms with Crippen LogP contribution in [0.5, 0.6) is 5.75 Å². The molecule has 0 radical (unpaired) electrons. The number of thiazole rings is 1. The maximum atomic E-state index is 9.23. The van der Waals surface area contributed by atoms with Gasteiger partial charge in [-0.25, -0.2) is 4.98 Å². The predicted octanol–water partition coefficient (Wildman–Crippen LogP) is 3.51. The molecule has 3 nitrogen and oxygen atoms in total. The minimum Gasteiger partial charge on any atom is -0.486 e. The van der Waals surface area contributed by atoms with Gasteiger partial charge >= 0.3 is 0 Å². The Morgan fingerprint density at radius 3 is 2.63 bits per heavy atom. The summed E-state index contributed by atoms with van der Waals surface area (Å²) >= 11 is 1.61. The molecule has 2 aromatic rings. The van der Waals surface area contributed by atoms with Crippen LogP contribution in [0.3, 0.4) is 0 Å². The van der Waals surface area contributed by atoms with E-state index in [0.717, 1.165) is 22.0 Å². The third-order valence-corrected chi connectivity index (χ3v) is 3.64. The Labute approximate surface area is 117 Å². The highest BCUT2D eigenvalue weighted by atomic mass is 32.1. The van der Waals surface area contributed by atoms with E-state index in [1.165, 1.54) is 0 Å². The van der Waals surface area contributed by atoms with Gasteiger partial charge in [0.1, 0.15) is 17.4 Å². The van der Waals surface area contributed by atoms with Crippen LogP contribution in [0.25, 0.3) is 0 Å². The number of nitrogens with zero attached hydrogens (tertiary/aromatic N) is 1. The summed E-state index contributed by atoms with van der Waals surface area (Å²) in [7, 11) is 0. The zero-order valence-electron chi connectivity index (χ0n) is 11.5. The van der Waals surface area contributed by atoms with Gasteiger partial charge in [-0.15, -0.1) is 11.3 Å². The Bertz CT molecular complexity index is 543. The minimum absolute atomic E-state index is 0.0126.